The number of rotatable bonds is 4. The number of aliphatic hydroxyl groups is 1. The zero-order chi connectivity index (χ0) is 22.5. The Kier molecular flexibility index (Phi) is 5.31. The Morgan fingerprint density at radius 2 is 1.79 bits per heavy atom. The molecule has 3 aromatic rings. The van der Waals surface area contributed by atoms with Crippen molar-refractivity contribution in [1.82, 2.24) is 24.6 Å². The molecule has 0 radical (unpaired) electrons. The van der Waals surface area contributed by atoms with Crippen LogP contribution in [0.15, 0.2) is 24.4 Å². The number of hydrogen-bond donors (Lipinski definition) is 1. The molecule has 1 unspecified atom stereocenters. The largest absolute Gasteiger partial charge is 0.389 e. The molecule has 2 aromatic heterocycles. The predicted molar refractivity (Wildman–Crippen MR) is 127 cm³/mol. The lowest BCUT2D eigenvalue weighted by Gasteiger charge is -2.37. The van der Waals surface area contributed by atoms with E-state index < -0.39 is 0 Å². The molecule has 174 valence electrons. The van der Waals surface area contributed by atoms with E-state index in [1.807, 2.05) is 23.9 Å². The predicted octanol–water partition coefficient (Wildman–Crippen LogP) is 2.58. The molecular formula is C25H32N6O2. The molecule has 1 aromatic carbocycles. The van der Waals surface area contributed by atoms with Crippen molar-refractivity contribution in [1.29, 1.82) is 0 Å². The molecule has 8 nitrogen and oxygen atoms in total. The van der Waals surface area contributed by atoms with Crippen LogP contribution in [-0.2, 0) is 4.74 Å². The first kappa shape index (κ1) is 21.0. The summed E-state index contributed by atoms with van der Waals surface area (Å²) in [6, 6.07) is 7.19. The molecule has 0 saturated carbocycles. The number of fused-ring (bicyclic) bond motifs is 1. The minimum absolute atomic E-state index is 0.271. The van der Waals surface area contributed by atoms with E-state index in [9.17, 15) is 5.11 Å². The number of aryl methyl sites for hydroxylation is 2. The third-order valence-electron chi connectivity index (χ3n) is 7.56. The lowest BCUT2D eigenvalue weighted by atomic mass is 9.86. The van der Waals surface area contributed by atoms with Crippen molar-refractivity contribution in [3.8, 4) is 5.82 Å². The standard InChI is InChI=1S/C25H32N6O2/c1-16-9-19-12-26-31(25-11-24(27-17(2)28-25)30-13-21(32)14-30)23(19)10-22(16)18-3-6-29(7-4-18)20-5-8-33-15-20/h9-12,18,20-21,32H,3-8,13-15H2,1-2H3. The molecule has 8 heteroatoms. The first-order chi connectivity index (χ1) is 16.0. The second-order valence-electron chi connectivity index (χ2n) is 9.84. The van der Waals surface area contributed by atoms with E-state index in [4.69, 9.17) is 9.84 Å². The zero-order valence-corrected chi connectivity index (χ0v) is 19.4. The van der Waals surface area contributed by atoms with Gasteiger partial charge in [-0.15, -0.1) is 0 Å². The van der Waals surface area contributed by atoms with Gasteiger partial charge in [0.15, 0.2) is 5.82 Å². The van der Waals surface area contributed by atoms with E-state index in [0.29, 0.717) is 30.9 Å². The number of benzene rings is 1. The number of aromatic nitrogens is 4. The molecule has 3 fully saturated rings. The van der Waals surface area contributed by atoms with E-state index in [1.165, 1.54) is 30.4 Å². The van der Waals surface area contributed by atoms with Gasteiger partial charge >= 0.3 is 0 Å². The first-order valence-corrected chi connectivity index (χ1v) is 12.1. The Bertz CT molecular complexity index is 1160. The number of likely N-dealkylation sites (tertiary alicyclic amines) is 1. The summed E-state index contributed by atoms with van der Waals surface area (Å²) in [5.41, 5.74) is 3.87. The van der Waals surface area contributed by atoms with Crippen molar-refractivity contribution in [2.45, 2.75) is 51.2 Å². The highest BCUT2D eigenvalue weighted by molar-refractivity contribution is 5.82. The highest BCUT2D eigenvalue weighted by atomic mass is 16.5. The fourth-order valence-corrected chi connectivity index (χ4v) is 5.66. The summed E-state index contributed by atoms with van der Waals surface area (Å²) >= 11 is 0. The minimum atomic E-state index is -0.271. The van der Waals surface area contributed by atoms with Gasteiger partial charge in [-0.25, -0.2) is 14.6 Å². The average Bonchev–Trinajstić information content (AvgIpc) is 3.46. The van der Waals surface area contributed by atoms with Gasteiger partial charge in [0.2, 0.25) is 0 Å². The summed E-state index contributed by atoms with van der Waals surface area (Å²) in [5, 5.41) is 15.5. The molecule has 0 bridgehead atoms. The van der Waals surface area contributed by atoms with Crippen molar-refractivity contribution < 1.29 is 9.84 Å². The normalized spacial score (nSPS) is 22.9. The number of aliphatic hydroxyl groups excluding tert-OH is 1. The van der Waals surface area contributed by atoms with E-state index >= 15 is 0 Å². The molecule has 3 aliphatic rings. The summed E-state index contributed by atoms with van der Waals surface area (Å²) in [4.78, 5) is 14.0. The number of piperidine rings is 1. The smallest absolute Gasteiger partial charge is 0.159 e. The van der Waals surface area contributed by atoms with Gasteiger partial charge in [0.05, 0.1) is 24.4 Å². The molecular weight excluding hydrogens is 416 g/mol. The molecule has 1 atom stereocenters. The summed E-state index contributed by atoms with van der Waals surface area (Å²) in [6.45, 7) is 9.46. The fraction of sp³-hybridized carbons (Fsp3) is 0.560. The van der Waals surface area contributed by atoms with Gasteiger partial charge in [0.25, 0.3) is 0 Å². The van der Waals surface area contributed by atoms with Gasteiger partial charge in [-0.1, -0.05) is 0 Å². The average molecular weight is 449 g/mol. The maximum atomic E-state index is 9.69. The van der Waals surface area contributed by atoms with Gasteiger partial charge in [0.1, 0.15) is 11.6 Å². The SMILES string of the molecule is Cc1nc(N2CC(O)C2)cc(-n2ncc3cc(C)c(C4CCN(C5CCOC5)CC4)cc32)n1. The van der Waals surface area contributed by atoms with Crippen LogP contribution in [0.2, 0.25) is 0 Å². The van der Waals surface area contributed by atoms with Gasteiger partial charge in [0, 0.05) is 37.2 Å². The van der Waals surface area contributed by atoms with Crippen LogP contribution in [0.4, 0.5) is 5.82 Å². The Labute approximate surface area is 194 Å². The van der Waals surface area contributed by atoms with Crippen LogP contribution in [0.3, 0.4) is 0 Å². The highest BCUT2D eigenvalue weighted by Gasteiger charge is 2.29. The third-order valence-corrected chi connectivity index (χ3v) is 7.56. The number of β-amino-alcohol motifs (C(OH)–C–C–N with tert-alkyl or cyclic N) is 1. The van der Waals surface area contributed by atoms with E-state index in [1.54, 1.807) is 0 Å². The second-order valence-corrected chi connectivity index (χ2v) is 9.84. The zero-order valence-electron chi connectivity index (χ0n) is 19.4. The van der Waals surface area contributed by atoms with E-state index in [-0.39, 0.29) is 6.10 Å². The van der Waals surface area contributed by atoms with Crippen LogP contribution < -0.4 is 4.90 Å². The number of ether oxygens (including phenoxy) is 1. The van der Waals surface area contributed by atoms with Crippen molar-refractivity contribution in [3.63, 3.8) is 0 Å². The van der Waals surface area contributed by atoms with Crippen LogP contribution in [0.1, 0.15) is 42.1 Å². The summed E-state index contributed by atoms with van der Waals surface area (Å²) in [5.74, 6) is 2.91. The van der Waals surface area contributed by atoms with Gasteiger partial charge in [-0.2, -0.15) is 5.10 Å². The minimum Gasteiger partial charge on any atom is -0.389 e. The van der Waals surface area contributed by atoms with Crippen LogP contribution >= 0.6 is 0 Å². The summed E-state index contributed by atoms with van der Waals surface area (Å²) < 4.78 is 7.55. The lowest BCUT2D eigenvalue weighted by Crippen LogP contribution is -2.51. The molecule has 3 aliphatic heterocycles. The summed E-state index contributed by atoms with van der Waals surface area (Å²) in [7, 11) is 0. The van der Waals surface area contributed by atoms with Gasteiger partial charge in [-0.05, 0) is 75.4 Å². The van der Waals surface area contributed by atoms with Gasteiger partial charge < -0.3 is 14.7 Å². The first-order valence-electron chi connectivity index (χ1n) is 12.1. The topological polar surface area (TPSA) is 79.5 Å². The maximum Gasteiger partial charge on any atom is 0.159 e. The third kappa shape index (κ3) is 3.90. The molecule has 5 heterocycles. The lowest BCUT2D eigenvalue weighted by molar-refractivity contribution is 0.122. The molecule has 1 N–H and O–H groups in total. The van der Waals surface area contributed by atoms with Crippen molar-refractivity contribution in [3.05, 3.63) is 41.3 Å². The van der Waals surface area contributed by atoms with E-state index in [0.717, 1.165) is 48.8 Å². The van der Waals surface area contributed by atoms with Crippen LogP contribution in [0, 0.1) is 13.8 Å². The Balaban J connectivity index is 1.29. The van der Waals surface area contributed by atoms with Gasteiger partial charge in [-0.3, -0.25) is 4.90 Å². The number of nitrogens with zero attached hydrogens (tertiary/aromatic N) is 6. The van der Waals surface area contributed by atoms with Crippen molar-refractivity contribution in [2.75, 3.05) is 44.3 Å². The number of hydrogen-bond acceptors (Lipinski definition) is 7. The molecule has 33 heavy (non-hydrogen) atoms. The van der Waals surface area contributed by atoms with E-state index in [2.05, 4.69) is 38.8 Å². The Hall–Kier alpha value is -2.55. The molecule has 6 rings (SSSR count). The second kappa shape index (κ2) is 8.34. The molecule has 0 amide bonds. The maximum absolute atomic E-state index is 9.69. The van der Waals surface area contributed by atoms with Crippen molar-refractivity contribution in [2.24, 2.45) is 0 Å². The van der Waals surface area contributed by atoms with Crippen molar-refractivity contribution >= 4 is 16.7 Å². The Morgan fingerprint density at radius 3 is 2.52 bits per heavy atom. The fourth-order valence-electron chi connectivity index (χ4n) is 5.66. The van der Waals surface area contributed by atoms with Crippen LogP contribution in [0.5, 0.6) is 0 Å². The summed E-state index contributed by atoms with van der Waals surface area (Å²) in [6.07, 6.45) is 5.20. The Morgan fingerprint density at radius 1 is 1.00 bits per heavy atom. The highest BCUT2D eigenvalue weighted by Crippen LogP contribution is 2.34. The molecule has 0 aliphatic carbocycles. The van der Waals surface area contributed by atoms with Crippen LogP contribution in [0.25, 0.3) is 16.7 Å². The van der Waals surface area contributed by atoms with Crippen LogP contribution in [-0.4, -0.2) is 81.3 Å². The monoisotopic (exact) mass is 448 g/mol. The quantitative estimate of drug-likeness (QED) is 0.657. The number of anilines is 1. The molecule has 0 spiro atoms. The molecule has 3 saturated heterocycles.